The molecule has 1 aliphatic rings. The summed E-state index contributed by atoms with van der Waals surface area (Å²) in [5, 5.41) is 0. The van der Waals surface area contributed by atoms with Crippen LogP contribution in [0.15, 0.2) is 54.9 Å². The Labute approximate surface area is 138 Å². The molecule has 1 unspecified atom stereocenters. The second kappa shape index (κ2) is 7.03. The van der Waals surface area contributed by atoms with Crippen molar-refractivity contribution in [2.45, 2.75) is 44.7 Å². The van der Waals surface area contributed by atoms with Gasteiger partial charge in [0.1, 0.15) is 0 Å². The van der Waals surface area contributed by atoms with Gasteiger partial charge in [0.25, 0.3) is 0 Å². The fraction of sp³-hybridized carbons (Fsp3) is 0.450. The molecule has 0 N–H and O–H groups in total. The van der Waals surface area contributed by atoms with Gasteiger partial charge in [0, 0.05) is 31.4 Å². The monoisotopic (exact) mass is 310 g/mol. The van der Waals surface area contributed by atoms with Crippen LogP contribution in [-0.2, 0) is 4.79 Å². The van der Waals surface area contributed by atoms with Crippen LogP contribution in [0.3, 0.4) is 0 Å². The van der Waals surface area contributed by atoms with Crippen LogP contribution in [0, 0.1) is 5.92 Å². The van der Waals surface area contributed by atoms with Gasteiger partial charge in [0.2, 0.25) is 5.91 Å². The molecule has 1 amide bonds. The van der Waals surface area contributed by atoms with Gasteiger partial charge in [-0.15, -0.1) is 0 Å². The highest BCUT2D eigenvalue weighted by Gasteiger charge is 2.30. The zero-order chi connectivity index (χ0) is 16.2. The highest BCUT2D eigenvalue weighted by Crippen LogP contribution is 2.34. The Morgan fingerprint density at radius 1 is 1.04 bits per heavy atom. The SMILES string of the molecule is CC(c1ccccc1)N(C)C(=O)C1CCC(n2cccc2)CC1. The lowest BCUT2D eigenvalue weighted by molar-refractivity contribution is -0.137. The average Bonchev–Trinajstić information content (AvgIpc) is 3.15. The number of nitrogens with zero attached hydrogens (tertiary/aromatic N) is 2. The lowest BCUT2D eigenvalue weighted by Gasteiger charge is -2.33. The first kappa shape index (κ1) is 15.9. The van der Waals surface area contributed by atoms with E-state index in [2.05, 4.69) is 48.1 Å². The van der Waals surface area contributed by atoms with Gasteiger partial charge >= 0.3 is 0 Å². The summed E-state index contributed by atoms with van der Waals surface area (Å²) >= 11 is 0. The summed E-state index contributed by atoms with van der Waals surface area (Å²) in [5.41, 5.74) is 1.20. The molecule has 1 heterocycles. The molecule has 23 heavy (non-hydrogen) atoms. The third-order valence-corrected chi connectivity index (χ3v) is 5.31. The first-order valence-electron chi connectivity index (χ1n) is 8.61. The van der Waals surface area contributed by atoms with Crippen molar-refractivity contribution < 1.29 is 4.79 Å². The van der Waals surface area contributed by atoms with Gasteiger partial charge in [-0.2, -0.15) is 0 Å². The number of hydrogen-bond acceptors (Lipinski definition) is 1. The molecule has 3 rings (SSSR count). The van der Waals surface area contributed by atoms with Crippen molar-refractivity contribution in [1.82, 2.24) is 9.47 Å². The van der Waals surface area contributed by atoms with Crippen molar-refractivity contribution in [2.75, 3.05) is 7.05 Å². The van der Waals surface area contributed by atoms with Crippen molar-refractivity contribution >= 4 is 5.91 Å². The fourth-order valence-corrected chi connectivity index (χ4v) is 3.65. The Kier molecular flexibility index (Phi) is 4.85. The van der Waals surface area contributed by atoms with Gasteiger partial charge in [-0.1, -0.05) is 30.3 Å². The van der Waals surface area contributed by atoms with E-state index in [1.54, 1.807) is 0 Å². The normalized spacial score (nSPS) is 22.5. The molecule has 3 nitrogen and oxygen atoms in total. The Bertz CT molecular complexity index is 612. The fourth-order valence-electron chi connectivity index (χ4n) is 3.65. The van der Waals surface area contributed by atoms with Crippen LogP contribution in [0.2, 0.25) is 0 Å². The van der Waals surface area contributed by atoms with Crippen molar-refractivity contribution in [3.63, 3.8) is 0 Å². The zero-order valence-electron chi connectivity index (χ0n) is 14.1. The summed E-state index contributed by atoms with van der Waals surface area (Å²) in [5.74, 6) is 0.477. The summed E-state index contributed by atoms with van der Waals surface area (Å²) < 4.78 is 2.29. The second-order valence-electron chi connectivity index (χ2n) is 6.67. The van der Waals surface area contributed by atoms with Gasteiger partial charge < -0.3 is 9.47 Å². The average molecular weight is 310 g/mol. The van der Waals surface area contributed by atoms with E-state index in [-0.39, 0.29) is 12.0 Å². The highest BCUT2D eigenvalue weighted by atomic mass is 16.2. The topological polar surface area (TPSA) is 25.2 Å². The molecular weight excluding hydrogens is 284 g/mol. The van der Waals surface area contributed by atoms with E-state index < -0.39 is 0 Å². The minimum absolute atomic E-state index is 0.130. The smallest absolute Gasteiger partial charge is 0.225 e. The van der Waals surface area contributed by atoms with Crippen LogP contribution >= 0.6 is 0 Å². The van der Waals surface area contributed by atoms with E-state index in [0.29, 0.717) is 11.9 Å². The Hall–Kier alpha value is -2.03. The van der Waals surface area contributed by atoms with Crippen molar-refractivity contribution in [3.05, 3.63) is 60.4 Å². The largest absolute Gasteiger partial charge is 0.351 e. The van der Waals surface area contributed by atoms with Crippen LogP contribution in [0.4, 0.5) is 0 Å². The maximum Gasteiger partial charge on any atom is 0.225 e. The molecule has 3 heteroatoms. The van der Waals surface area contributed by atoms with E-state index in [0.717, 1.165) is 25.7 Å². The highest BCUT2D eigenvalue weighted by molar-refractivity contribution is 5.79. The van der Waals surface area contributed by atoms with E-state index in [4.69, 9.17) is 0 Å². The number of hydrogen-bond donors (Lipinski definition) is 0. The lowest BCUT2D eigenvalue weighted by atomic mass is 9.84. The molecule has 1 fully saturated rings. The molecule has 1 atom stereocenters. The predicted octanol–water partition coefficient (Wildman–Crippen LogP) is 4.44. The molecule has 122 valence electrons. The second-order valence-corrected chi connectivity index (χ2v) is 6.67. The minimum atomic E-state index is 0.130. The number of carbonyl (C=O) groups excluding carboxylic acids is 1. The van der Waals surface area contributed by atoms with Gasteiger partial charge in [0.15, 0.2) is 0 Å². The molecule has 0 aliphatic heterocycles. The molecule has 1 aromatic carbocycles. The number of aromatic nitrogens is 1. The first-order valence-corrected chi connectivity index (χ1v) is 8.61. The number of benzene rings is 1. The van der Waals surface area contributed by atoms with Crippen LogP contribution in [-0.4, -0.2) is 22.4 Å². The molecule has 0 saturated heterocycles. The number of carbonyl (C=O) groups is 1. The maximum absolute atomic E-state index is 12.8. The van der Waals surface area contributed by atoms with Gasteiger partial charge in [-0.05, 0) is 50.3 Å². The quantitative estimate of drug-likeness (QED) is 0.819. The summed E-state index contributed by atoms with van der Waals surface area (Å²) in [6, 6.07) is 15.1. The summed E-state index contributed by atoms with van der Waals surface area (Å²) in [7, 11) is 1.94. The molecule has 2 aromatic rings. The van der Waals surface area contributed by atoms with E-state index >= 15 is 0 Å². The number of rotatable bonds is 4. The van der Waals surface area contributed by atoms with Gasteiger partial charge in [0.05, 0.1) is 6.04 Å². The minimum Gasteiger partial charge on any atom is -0.351 e. The van der Waals surface area contributed by atoms with Crippen molar-refractivity contribution in [3.8, 4) is 0 Å². The molecular formula is C20H26N2O. The van der Waals surface area contributed by atoms with Gasteiger partial charge in [-0.25, -0.2) is 0 Å². The third-order valence-electron chi connectivity index (χ3n) is 5.31. The lowest BCUT2D eigenvalue weighted by Crippen LogP contribution is -2.36. The van der Waals surface area contributed by atoms with E-state index in [1.807, 2.05) is 30.1 Å². The van der Waals surface area contributed by atoms with Crippen molar-refractivity contribution in [2.24, 2.45) is 5.92 Å². The molecule has 0 bridgehead atoms. The Morgan fingerprint density at radius 3 is 2.26 bits per heavy atom. The summed E-state index contributed by atoms with van der Waals surface area (Å²) in [6.45, 7) is 2.11. The number of amides is 1. The van der Waals surface area contributed by atoms with E-state index in [1.165, 1.54) is 5.56 Å². The summed E-state index contributed by atoms with van der Waals surface area (Å²) in [6.07, 6.45) is 8.45. The van der Waals surface area contributed by atoms with Crippen LogP contribution in [0.5, 0.6) is 0 Å². The van der Waals surface area contributed by atoms with Crippen LogP contribution in [0.1, 0.15) is 50.3 Å². The Morgan fingerprint density at radius 2 is 1.65 bits per heavy atom. The Balaban J connectivity index is 1.58. The molecule has 0 spiro atoms. The standard InChI is InChI=1S/C20H26N2O/c1-16(17-8-4-3-5-9-17)21(2)20(23)18-10-12-19(13-11-18)22-14-6-7-15-22/h3-9,14-16,18-19H,10-13H2,1-2H3. The zero-order valence-corrected chi connectivity index (χ0v) is 14.1. The van der Waals surface area contributed by atoms with Crippen molar-refractivity contribution in [1.29, 1.82) is 0 Å². The molecule has 0 radical (unpaired) electrons. The van der Waals surface area contributed by atoms with Gasteiger partial charge in [-0.3, -0.25) is 4.79 Å². The van der Waals surface area contributed by atoms with E-state index in [9.17, 15) is 4.79 Å². The van der Waals surface area contributed by atoms with Crippen LogP contribution < -0.4 is 0 Å². The third kappa shape index (κ3) is 3.49. The molecule has 1 saturated carbocycles. The molecule has 1 aliphatic carbocycles. The first-order chi connectivity index (χ1) is 11.2. The molecule has 1 aromatic heterocycles. The predicted molar refractivity (Wildman–Crippen MR) is 93.1 cm³/mol. The maximum atomic E-state index is 12.8. The van der Waals surface area contributed by atoms with Crippen LogP contribution in [0.25, 0.3) is 0 Å². The summed E-state index contributed by atoms with van der Waals surface area (Å²) in [4.78, 5) is 14.8.